The van der Waals surface area contributed by atoms with Gasteiger partial charge in [-0.3, -0.25) is 14.3 Å². The van der Waals surface area contributed by atoms with Gasteiger partial charge in [0.2, 0.25) is 5.91 Å². The van der Waals surface area contributed by atoms with Crippen molar-refractivity contribution in [3.63, 3.8) is 0 Å². The minimum Gasteiger partial charge on any atom is -0.481 e. The third-order valence-corrected chi connectivity index (χ3v) is 3.30. The maximum atomic E-state index is 12.2. The minimum absolute atomic E-state index is 0.0283. The number of rotatable bonds is 7. The summed E-state index contributed by atoms with van der Waals surface area (Å²) in [7, 11) is 0. The Kier molecular flexibility index (Phi) is 5.73. The molecule has 20 heavy (non-hydrogen) atoms. The third-order valence-electron chi connectivity index (χ3n) is 3.30. The second kappa shape index (κ2) is 7.07. The van der Waals surface area contributed by atoms with Gasteiger partial charge in [-0.05, 0) is 33.8 Å². The zero-order valence-corrected chi connectivity index (χ0v) is 12.6. The van der Waals surface area contributed by atoms with Crippen molar-refractivity contribution in [1.82, 2.24) is 14.7 Å². The Balaban J connectivity index is 2.59. The number of hydrogen-bond acceptors (Lipinski definition) is 3. The van der Waals surface area contributed by atoms with E-state index in [-0.39, 0.29) is 18.4 Å². The Bertz CT molecular complexity index is 482. The van der Waals surface area contributed by atoms with Crippen molar-refractivity contribution in [2.45, 2.75) is 53.1 Å². The Hall–Kier alpha value is -1.85. The lowest BCUT2D eigenvalue weighted by molar-refractivity contribution is -0.140. The molecule has 0 fully saturated rings. The van der Waals surface area contributed by atoms with E-state index in [1.54, 1.807) is 11.8 Å². The van der Waals surface area contributed by atoms with Crippen molar-refractivity contribution in [2.24, 2.45) is 0 Å². The standard InChI is InChI=1S/C14H23N3O3/c1-5-16(11(3)9-14(19)20)13(18)6-7-17-12(4)8-10(2)15-17/h8,11H,5-7,9H2,1-4H3,(H,19,20). The molecule has 0 saturated carbocycles. The highest BCUT2D eigenvalue weighted by Gasteiger charge is 2.20. The quantitative estimate of drug-likeness (QED) is 0.823. The molecule has 0 radical (unpaired) electrons. The average Bonchev–Trinajstić information content (AvgIpc) is 2.65. The van der Waals surface area contributed by atoms with Gasteiger partial charge in [-0.2, -0.15) is 5.10 Å². The summed E-state index contributed by atoms with van der Waals surface area (Å²) < 4.78 is 1.81. The number of carboxylic acids is 1. The predicted octanol–water partition coefficient (Wildman–Crippen LogP) is 1.60. The maximum Gasteiger partial charge on any atom is 0.305 e. The predicted molar refractivity (Wildman–Crippen MR) is 75.4 cm³/mol. The molecule has 1 rings (SSSR count). The summed E-state index contributed by atoms with van der Waals surface area (Å²) in [6.45, 7) is 8.53. The van der Waals surface area contributed by atoms with Gasteiger partial charge < -0.3 is 10.0 Å². The second-order valence-electron chi connectivity index (χ2n) is 5.03. The first-order valence-electron chi connectivity index (χ1n) is 6.87. The van der Waals surface area contributed by atoms with E-state index in [0.29, 0.717) is 19.5 Å². The normalized spacial score (nSPS) is 12.2. The number of carboxylic acid groups (broad SMARTS) is 1. The molecule has 0 saturated heterocycles. The molecule has 0 aliphatic heterocycles. The zero-order valence-electron chi connectivity index (χ0n) is 12.6. The SMILES string of the molecule is CCN(C(=O)CCn1nc(C)cc1C)C(C)CC(=O)O. The molecular formula is C14H23N3O3. The van der Waals surface area contributed by atoms with Crippen molar-refractivity contribution >= 4 is 11.9 Å². The van der Waals surface area contributed by atoms with Gasteiger partial charge in [-0.15, -0.1) is 0 Å². The summed E-state index contributed by atoms with van der Waals surface area (Å²) in [5.74, 6) is -0.920. The van der Waals surface area contributed by atoms with Gasteiger partial charge in [0.05, 0.1) is 12.1 Å². The highest BCUT2D eigenvalue weighted by Crippen LogP contribution is 2.08. The van der Waals surface area contributed by atoms with Gasteiger partial charge in [0, 0.05) is 31.2 Å². The van der Waals surface area contributed by atoms with Gasteiger partial charge in [0.25, 0.3) is 0 Å². The van der Waals surface area contributed by atoms with Crippen molar-refractivity contribution in [2.75, 3.05) is 6.54 Å². The molecule has 1 heterocycles. The van der Waals surface area contributed by atoms with Crippen molar-refractivity contribution in [3.8, 4) is 0 Å². The molecule has 1 aromatic heterocycles. The first-order valence-corrected chi connectivity index (χ1v) is 6.87. The van der Waals surface area contributed by atoms with E-state index in [1.165, 1.54) is 0 Å². The van der Waals surface area contributed by atoms with E-state index in [9.17, 15) is 9.59 Å². The number of aryl methyl sites for hydroxylation is 3. The molecule has 1 amide bonds. The molecule has 0 aliphatic carbocycles. The van der Waals surface area contributed by atoms with Crippen LogP contribution in [0.25, 0.3) is 0 Å². The number of carbonyl (C=O) groups excluding carboxylic acids is 1. The number of carbonyl (C=O) groups is 2. The largest absolute Gasteiger partial charge is 0.481 e. The lowest BCUT2D eigenvalue weighted by Crippen LogP contribution is -2.40. The van der Waals surface area contributed by atoms with Gasteiger partial charge >= 0.3 is 5.97 Å². The monoisotopic (exact) mass is 281 g/mol. The summed E-state index contributed by atoms with van der Waals surface area (Å²) in [5.41, 5.74) is 1.96. The van der Waals surface area contributed by atoms with Crippen LogP contribution in [-0.2, 0) is 16.1 Å². The third kappa shape index (κ3) is 4.36. The van der Waals surface area contributed by atoms with Crippen LogP contribution in [0.2, 0.25) is 0 Å². The van der Waals surface area contributed by atoms with Crippen LogP contribution >= 0.6 is 0 Å². The summed E-state index contributed by atoms with van der Waals surface area (Å²) in [6, 6.07) is 1.68. The second-order valence-corrected chi connectivity index (χ2v) is 5.03. The Morgan fingerprint density at radius 3 is 2.55 bits per heavy atom. The van der Waals surface area contributed by atoms with Crippen LogP contribution in [0, 0.1) is 13.8 Å². The van der Waals surface area contributed by atoms with Crippen molar-refractivity contribution in [1.29, 1.82) is 0 Å². The lowest BCUT2D eigenvalue weighted by Gasteiger charge is -2.27. The summed E-state index contributed by atoms with van der Waals surface area (Å²) >= 11 is 0. The molecule has 1 atom stereocenters. The number of amides is 1. The van der Waals surface area contributed by atoms with E-state index in [1.807, 2.05) is 31.5 Å². The van der Waals surface area contributed by atoms with E-state index in [4.69, 9.17) is 5.11 Å². The van der Waals surface area contributed by atoms with Gasteiger partial charge in [-0.25, -0.2) is 0 Å². The molecule has 0 bridgehead atoms. The van der Waals surface area contributed by atoms with Crippen molar-refractivity contribution in [3.05, 3.63) is 17.5 Å². The van der Waals surface area contributed by atoms with Gasteiger partial charge in [-0.1, -0.05) is 0 Å². The van der Waals surface area contributed by atoms with Gasteiger partial charge in [0.1, 0.15) is 0 Å². The Morgan fingerprint density at radius 1 is 1.45 bits per heavy atom. The van der Waals surface area contributed by atoms with Crippen LogP contribution in [0.4, 0.5) is 0 Å². The van der Waals surface area contributed by atoms with Gasteiger partial charge in [0.15, 0.2) is 0 Å². The fourth-order valence-corrected chi connectivity index (χ4v) is 2.34. The highest BCUT2D eigenvalue weighted by molar-refractivity contribution is 5.77. The first kappa shape index (κ1) is 16.2. The van der Waals surface area contributed by atoms with Crippen LogP contribution in [0.1, 0.15) is 38.1 Å². The number of nitrogens with zero attached hydrogens (tertiary/aromatic N) is 3. The van der Waals surface area contributed by atoms with E-state index < -0.39 is 5.97 Å². The van der Waals surface area contributed by atoms with Crippen molar-refractivity contribution < 1.29 is 14.7 Å². The summed E-state index contributed by atoms with van der Waals surface area (Å²) in [4.78, 5) is 24.5. The molecule has 0 aromatic carbocycles. The molecule has 112 valence electrons. The smallest absolute Gasteiger partial charge is 0.305 e. The minimum atomic E-state index is -0.887. The number of aromatic nitrogens is 2. The molecular weight excluding hydrogens is 258 g/mol. The topological polar surface area (TPSA) is 75.4 Å². The molecule has 1 unspecified atom stereocenters. The molecule has 6 nitrogen and oxygen atoms in total. The van der Waals surface area contributed by atoms with E-state index in [2.05, 4.69) is 5.10 Å². The fourth-order valence-electron chi connectivity index (χ4n) is 2.34. The van der Waals surface area contributed by atoms with E-state index >= 15 is 0 Å². The zero-order chi connectivity index (χ0) is 15.3. The number of hydrogen-bond donors (Lipinski definition) is 1. The molecule has 1 aromatic rings. The maximum absolute atomic E-state index is 12.2. The lowest BCUT2D eigenvalue weighted by atomic mass is 10.2. The van der Waals surface area contributed by atoms with Crippen LogP contribution in [-0.4, -0.2) is 44.3 Å². The van der Waals surface area contributed by atoms with Crippen LogP contribution in [0.5, 0.6) is 0 Å². The Labute approximate surface area is 119 Å². The van der Waals surface area contributed by atoms with Crippen LogP contribution < -0.4 is 0 Å². The molecule has 1 N–H and O–H groups in total. The van der Waals surface area contributed by atoms with Crippen LogP contribution in [0.15, 0.2) is 6.07 Å². The summed E-state index contributed by atoms with van der Waals surface area (Å²) in [5, 5.41) is 13.1. The highest BCUT2D eigenvalue weighted by atomic mass is 16.4. The number of aliphatic carboxylic acids is 1. The molecule has 0 spiro atoms. The summed E-state index contributed by atoms with van der Waals surface area (Å²) in [6.07, 6.45) is 0.305. The average molecular weight is 281 g/mol. The molecule has 6 heteroatoms. The van der Waals surface area contributed by atoms with E-state index in [0.717, 1.165) is 11.4 Å². The van der Waals surface area contributed by atoms with Crippen LogP contribution in [0.3, 0.4) is 0 Å². The molecule has 0 aliphatic rings. The Morgan fingerprint density at radius 2 is 2.10 bits per heavy atom. The fraction of sp³-hybridized carbons (Fsp3) is 0.643. The first-order chi connectivity index (χ1) is 9.35.